The predicted molar refractivity (Wildman–Crippen MR) is 127 cm³/mol. The number of carbonyl (C=O) groups is 1. The molecule has 3 aromatic rings. The fourth-order valence-electron chi connectivity index (χ4n) is 3.76. The van der Waals surface area contributed by atoms with Crippen LogP contribution >= 0.6 is 11.9 Å². The summed E-state index contributed by atoms with van der Waals surface area (Å²) >= 11 is 1.35. The summed E-state index contributed by atoms with van der Waals surface area (Å²) in [6.07, 6.45) is 3.57. The lowest BCUT2D eigenvalue weighted by molar-refractivity contribution is 0.0984. The molecule has 0 spiro atoms. The van der Waals surface area contributed by atoms with Crippen molar-refractivity contribution in [1.82, 2.24) is 9.71 Å². The number of hydrogen-bond acceptors (Lipinski definition) is 4. The maximum absolute atomic E-state index is 14.1. The van der Waals surface area contributed by atoms with Crippen LogP contribution < -0.4 is 9.46 Å². The molecule has 4 rings (SSSR count). The van der Waals surface area contributed by atoms with Crippen LogP contribution in [-0.2, 0) is 12.8 Å². The number of carbonyl (C=O) groups excluding carboxylic acids is 1. The second-order valence-electron chi connectivity index (χ2n) is 9.06. The minimum atomic E-state index is -0.380. The zero-order valence-electron chi connectivity index (χ0n) is 18.5. The van der Waals surface area contributed by atoms with Crippen LogP contribution in [0.5, 0.6) is 5.75 Å². The second-order valence-corrected chi connectivity index (χ2v) is 10.7. The first kappa shape index (κ1) is 22.3. The van der Waals surface area contributed by atoms with Crippen molar-refractivity contribution in [3.8, 4) is 16.9 Å². The van der Waals surface area contributed by atoms with Gasteiger partial charge in [-0.1, -0.05) is 18.2 Å². The van der Waals surface area contributed by atoms with E-state index in [1.54, 1.807) is 0 Å². The normalized spacial score (nSPS) is 15.6. The summed E-state index contributed by atoms with van der Waals surface area (Å²) in [7, 11) is 0. The summed E-state index contributed by atoms with van der Waals surface area (Å²) in [5, 5.41) is 0. The average Bonchev–Trinajstić information content (AvgIpc) is 2.77. The third kappa shape index (κ3) is 5.49. The van der Waals surface area contributed by atoms with Crippen molar-refractivity contribution in [3.63, 3.8) is 0 Å². The standard InChI is InChI=1S/C26H27FN2O2S/c1-26(2,3)32-29-25(30)22-10-9-20(27)15-23(22)18-7-8-19-12-17(16-31-24(19)14-18)13-21-6-4-5-11-28-21/h4-11,14-15,17H,12-13,16H2,1-3H3,(H,29,30)/t17-/m0/s1. The molecule has 1 aliphatic rings. The molecule has 0 aliphatic carbocycles. The second kappa shape index (κ2) is 9.33. The highest BCUT2D eigenvalue weighted by Gasteiger charge is 2.23. The molecule has 2 aromatic carbocycles. The van der Waals surface area contributed by atoms with Gasteiger partial charge in [-0.15, -0.1) is 0 Å². The minimum Gasteiger partial charge on any atom is -0.493 e. The number of rotatable bonds is 5. The van der Waals surface area contributed by atoms with E-state index in [0.717, 1.165) is 35.4 Å². The summed E-state index contributed by atoms with van der Waals surface area (Å²) in [5.41, 5.74) is 3.93. The number of halogens is 1. The van der Waals surface area contributed by atoms with Gasteiger partial charge < -0.3 is 4.74 Å². The Labute approximate surface area is 192 Å². The van der Waals surface area contributed by atoms with Crippen molar-refractivity contribution >= 4 is 17.9 Å². The zero-order chi connectivity index (χ0) is 22.7. The van der Waals surface area contributed by atoms with E-state index in [2.05, 4.69) is 9.71 Å². The highest BCUT2D eigenvalue weighted by Crippen LogP contribution is 2.35. The molecule has 2 heterocycles. The summed E-state index contributed by atoms with van der Waals surface area (Å²) in [4.78, 5) is 17.2. The van der Waals surface area contributed by atoms with Crippen LogP contribution in [0.25, 0.3) is 11.1 Å². The average molecular weight is 451 g/mol. The van der Waals surface area contributed by atoms with E-state index < -0.39 is 0 Å². The molecular formula is C26H27FN2O2S. The Morgan fingerprint density at radius 1 is 1.19 bits per heavy atom. The van der Waals surface area contributed by atoms with Crippen LogP contribution in [0, 0.1) is 11.7 Å². The van der Waals surface area contributed by atoms with Gasteiger partial charge in [-0.25, -0.2) is 4.39 Å². The topological polar surface area (TPSA) is 51.2 Å². The Balaban J connectivity index is 1.55. The van der Waals surface area contributed by atoms with Crippen LogP contribution in [-0.4, -0.2) is 22.2 Å². The molecule has 0 saturated carbocycles. The van der Waals surface area contributed by atoms with Crippen LogP contribution in [0.3, 0.4) is 0 Å². The van der Waals surface area contributed by atoms with E-state index in [9.17, 15) is 9.18 Å². The van der Waals surface area contributed by atoms with E-state index in [0.29, 0.717) is 23.7 Å². The monoisotopic (exact) mass is 450 g/mol. The van der Waals surface area contributed by atoms with Crippen molar-refractivity contribution in [3.05, 3.63) is 83.4 Å². The number of hydrogen-bond donors (Lipinski definition) is 1. The van der Waals surface area contributed by atoms with Gasteiger partial charge in [0.15, 0.2) is 0 Å². The highest BCUT2D eigenvalue weighted by atomic mass is 32.2. The van der Waals surface area contributed by atoms with Gasteiger partial charge >= 0.3 is 0 Å². The van der Waals surface area contributed by atoms with Gasteiger partial charge in [-0.3, -0.25) is 14.5 Å². The first-order chi connectivity index (χ1) is 15.3. The lowest BCUT2D eigenvalue weighted by atomic mass is 9.90. The number of nitrogens with one attached hydrogen (secondary N) is 1. The highest BCUT2D eigenvalue weighted by molar-refractivity contribution is 7.99. The van der Waals surface area contributed by atoms with Crippen LogP contribution in [0.1, 0.15) is 42.4 Å². The molecule has 1 N–H and O–H groups in total. The largest absolute Gasteiger partial charge is 0.493 e. The maximum Gasteiger partial charge on any atom is 0.261 e. The first-order valence-electron chi connectivity index (χ1n) is 10.7. The molecule has 166 valence electrons. The smallest absolute Gasteiger partial charge is 0.261 e. The van der Waals surface area contributed by atoms with Crippen LogP contribution in [0.15, 0.2) is 60.8 Å². The number of ether oxygens (including phenoxy) is 1. The number of fused-ring (bicyclic) bond motifs is 1. The van der Waals surface area contributed by atoms with Gasteiger partial charge in [0.25, 0.3) is 5.91 Å². The van der Waals surface area contributed by atoms with Crippen molar-refractivity contribution in [2.24, 2.45) is 5.92 Å². The summed E-state index contributed by atoms with van der Waals surface area (Å²) in [5.74, 6) is 0.524. The Morgan fingerprint density at radius 3 is 2.78 bits per heavy atom. The number of benzene rings is 2. The molecule has 0 fully saturated rings. The lowest BCUT2D eigenvalue weighted by Gasteiger charge is -2.26. The first-order valence-corrected chi connectivity index (χ1v) is 11.5. The van der Waals surface area contributed by atoms with Crippen molar-refractivity contribution in [2.75, 3.05) is 6.61 Å². The number of amides is 1. The molecular weight excluding hydrogens is 423 g/mol. The molecule has 4 nitrogen and oxygen atoms in total. The van der Waals surface area contributed by atoms with Crippen LogP contribution in [0.4, 0.5) is 4.39 Å². The third-order valence-corrected chi connectivity index (χ3v) is 6.16. The van der Waals surface area contributed by atoms with E-state index in [-0.39, 0.29) is 16.5 Å². The van der Waals surface area contributed by atoms with Crippen molar-refractivity contribution < 1.29 is 13.9 Å². The summed E-state index contributed by atoms with van der Waals surface area (Å²) in [6, 6.07) is 16.1. The van der Waals surface area contributed by atoms with E-state index in [4.69, 9.17) is 4.74 Å². The van der Waals surface area contributed by atoms with Gasteiger partial charge in [0.05, 0.1) is 6.61 Å². The molecule has 1 atom stereocenters. The van der Waals surface area contributed by atoms with Gasteiger partial charge in [0.2, 0.25) is 0 Å². The molecule has 32 heavy (non-hydrogen) atoms. The van der Waals surface area contributed by atoms with E-state index >= 15 is 0 Å². The third-order valence-electron chi connectivity index (χ3n) is 5.26. The van der Waals surface area contributed by atoms with Crippen LogP contribution in [0.2, 0.25) is 0 Å². The summed E-state index contributed by atoms with van der Waals surface area (Å²) < 4.78 is 22.9. The minimum absolute atomic E-state index is 0.124. The lowest BCUT2D eigenvalue weighted by Crippen LogP contribution is -2.24. The summed E-state index contributed by atoms with van der Waals surface area (Å²) in [6.45, 7) is 6.66. The van der Waals surface area contributed by atoms with E-state index in [1.165, 1.54) is 30.1 Å². The van der Waals surface area contributed by atoms with Gasteiger partial charge in [-0.05, 0) is 98.6 Å². The Hall–Kier alpha value is -2.86. The number of pyridine rings is 1. The molecule has 1 aromatic heterocycles. The molecule has 0 saturated heterocycles. The Morgan fingerprint density at radius 2 is 2.03 bits per heavy atom. The molecule has 0 bridgehead atoms. The molecule has 6 heteroatoms. The Bertz CT molecular complexity index is 1110. The van der Waals surface area contributed by atoms with Gasteiger partial charge in [-0.2, -0.15) is 0 Å². The van der Waals surface area contributed by atoms with Crippen molar-refractivity contribution in [2.45, 2.75) is 38.4 Å². The van der Waals surface area contributed by atoms with Gasteiger partial charge in [0, 0.05) is 28.1 Å². The fraction of sp³-hybridized carbons (Fsp3) is 0.308. The van der Waals surface area contributed by atoms with E-state index in [1.807, 2.05) is 63.4 Å². The Kier molecular flexibility index (Phi) is 6.51. The fourth-order valence-corrected chi connectivity index (χ4v) is 4.26. The van der Waals surface area contributed by atoms with Gasteiger partial charge in [0.1, 0.15) is 11.6 Å². The number of aromatic nitrogens is 1. The van der Waals surface area contributed by atoms with Crippen molar-refractivity contribution in [1.29, 1.82) is 0 Å². The molecule has 1 amide bonds. The molecule has 0 unspecified atom stereocenters. The zero-order valence-corrected chi connectivity index (χ0v) is 19.3. The maximum atomic E-state index is 14.1. The molecule has 0 radical (unpaired) electrons. The quantitative estimate of drug-likeness (QED) is 0.495. The molecule has 1 aliphatic heterocycles. The predicted octanol–water partition coefficient (Wildman–Crippen LogP) is 5.86. The number of nitrogens with zero attached hydrogens (tertiary/aromatic N) is 1. The SMILES string of the molecule is CC(C)(C)SNC(=O)c1ccc(F)cc1-c1ccc2c(c1)OC[C@H](Cc1ccccn1)C2.